The Morgan fingerprint density at radius 1 is 1.60 bits per heavy atom. The molecule has 0 aliphatic heterocycles. The molecule has 0 saturated heterocycles. The summed E-state index contributed by atoms with van der Waals surface area (Å²) < 4.78 is 22.9. The molecule has 0 rings (SSSR count). The number of nitrogens with zero attached hydrogens (tertiary/aromatic N) is 1. The highest BCUT2D eigenvalue weighted by molar-refractivity contribution is 7.74. The van der Waals surface area contributed by atoms with Gasteiger partial charge in [-0.1, -0.05) is 6.58 Å². The van der Waals surface area contributed by atoms with Crippen LogP contribution in [0.4, 0.5) is 0 Å². The first-order valence-corrected chi connectivity index (χ1v) is 5.67. The molecule has 5 nitrogen and oxygen atoms in total. The van der Waals surface area contributed by atoms with E-state index in [2.05, 4.69) is 10.8 Å². The highest BCUT2D eigenvalue weighted by Gasteiger charge is 2.01. The molecule has 0 amide bonds. The highest BCUT2D eigenvalue weighted by Crippen LogP contribution is 1.95. The molecule has 0 aromatic carbocycles. The Balaban J connectivity index is 3.40. The van der Waals surface area contributed by atoms with Crippen LogP contribution < -0.4 is 0 Å². The number of ketones is 1. The Hall–Kier alpha value is -0.560. The fourth-order valence-electron chi connectivity index (χ4n) is 1.00. The quantitative estimate of drug-likeness (QED) is 0.468. The Morgan fingerprint density at radius 3 is 2.80 bits per heavy atom. The monoisotopic (exact) mass is 235 g/mol. The summed E-state index contributed by atoms with van der Waals surface area (Å²) in [5.74, 6) is 0.0381. The lowest BCUT2D eigenvalue weighted by Crippen LogP contribution is -2.24. The first-order valence-electron chi connectivity index (χ1n) is 4.64. The fraction of sp³-hybridized carbons (Fsp3) is 0.667. The summed E-state index contributed by atoms with van der Waals surface area (Å²) in [6, 6.07) is 0. The molecule has 0 fully saturated rings. The van der Waals surface area contributed by atoms with E-state index in [1.807, 2.05) is 11.9 Å². The van der Waals surface area contributed by atoms with E-state index in [-0.39, 0.29) is 12.4 Å². The maximum atomic E-state index is 10.9. The van der Waals surface area contributed by atoms with Crippen LogP contribution in [-0.4, -0.2) is 46.2 Å². The van der Waals surface area contributed by atoms with E-state index in [9.17, 15) is 9.00 Å². The molecule has 0 radical (unpaired) electrons. The molecular weight excluding hydrogens is 218 g/mol. The minimum absolute atomic E-state index is 0.0381. The molecule has 0 saturated carbocycles. The van der Waals surface area contributed by atoms with Crippen LogP contribution >= 0.6 is 0 Å². The first kappa shape index (κ1) is 14.4. The van der Waals surface area contributed by atoms with Gasteiger partial charge in [0.2, 0.25) is 0 Å². The number of hydrogen-bond donors (Lipinski definition) is 1. The summed E-state index contributed by atoms with van der Waals surface area (Å²) in [6.45, 7) is 4.90. The fourth-order valence-corrected chi connectivity index (χ4v) is 1.22. The number of carbonyl (C=O) groups excluding carboxylic acids is 1. The van der Waals surface area contributed by atoms with Gasteiger partial charge in [-0.3, -0.25) is 13.5 Å². The molecule has 0 aliphatic carbocycles. The molecular formula is C9H17NO4S. The zero-order chi connectivity index (χ0) is 11.7. The van der Waals surface area contributed by atoms with E-state index in [4.69, 9.17) is 4.55 Å². The van der Waals surface area contributed by atoms with E-state index in [0.29, 0.717) is 13.0 Å². The standard InChI is InChI=1S/C9H17NO4S/c1-3-9(11)5-4-6-10(2)7-8-14-15(12)13/h3H,1,4-8H2,2H3,(H,12,13). The molecule has 0 aromatic rings. The first-order chi connectivity index (χ1) is 7.06. The summed E-state index contributed by atoms with van der Waals surface area (Å²) >= 11 is -2.19. The van der Waals surface area contributed by atoms with E-state index in [1.54, 1.807) is 0 Å². The predicted molar refractivity (Wildman–Crippen MR) is 58.7 cm³/mol. The summed E-state index contributed by atoms with van der Waals surface area (Å²) in [6.07, 6.45) is 2.56. The Kier molecular flexibility index (Phi) is 8.40. The van der Waals surface area contributed by atoms with Crippen molar-refractivity contribution in [1.82, 2.24) is 4.90 Å². The maximum absolute atomic E-state index is 10.9. The van der Waals surface area contributed by atoms with Crippen LogP contribution in [0.25, 0.3) is 0 Å². The van der Waals surface area contributed by atoms with Gasteiger partial charge in [-0.2, -0.15) is 4.21 Å². The summed E-state index contributed by atoms with van der Waals surface area (Å²) in [4.78, 5) is 12.8. The molecule has 0 aromatic heterocycles. The van der Waals surface area contributed by atoms with Crippen LogP contribution in [0.15, 0.2) is 12.7 Å². The van der Waals surface area contributed by atoms with Crippen molar-refractivity contribution < 1.29 is 17.7 Å². The van der Waals surface area contributed by atoms with Crippen molar-refractivity contribution in [3.63, 3.8) is 0 Å². The van der Waals surface area contributed by atoms with Crippen LogP contribution in [0.2, 0.25) is 0 Å². The van der Waals surface area contributed by atoms with Gasteiger partial charge in [0.1, 0.15) is 0 Å². The molecule has 1 atom stereocenters. The lowest BCUT2D eigenvalue weighted by atomic mass is 10.2. The zero-order valence-corrected chi connectivity index (χ0v) is 9.66. The number of allylic oxidation sites excluding steroid dienone is 1. The van der Waals surface area contributed by atoms with Crippen molar-refractivity contribution in [2.75, 3.05) is 26.7 Å². The van der Waals surface area contributed by atoms with E-state index >= 15 is 0 Å². The summed E-state index contributed by atoms with van der Waals surface area (Å²) in [7, 11) is 1.86. The second-order valence-corrected chi connectivity index (χ2v) is 3.79. The van der Waals surface area contributed by atoms with Crippen molar-refractivity contribution in [2.45, 2.75) is 12.8 Å². The highest BCUT2D eigenvalue weighted by atomic mass is 32.2. The predicted octanol–water partition coefficient (Wildman–Crippen LogP) is 0.607. The van der Waals surface area contributed by atoms with E-state index in [1.165, 1.54) is 6.08 Å². The third-order valence-corrected chi connectivity index (χ3v) is 2.22. The number of hydrogen-bond acceptors (Lipinski definition) is 4. The van der Waals surface area contributed by atoms with Crippen LogP contribution in [0.5, 0.6) is 0 Å². The zero-order valence-electron chi connectivity index (χ0n) is 8.85. The van der Waals surface area contributed by atoms with Gasteiger partial charge >= 0.3 is 11.4 Å². The van der Waals surface area contributed by atoms with Gasteiger partial charge in [0.05, 0.1) is 6.61 Å². The Morgan fingerprint density at radius 2 is 2.27 bits per heavy atom. The summed E-state index contributed by atoms with van der Waals surface area (Å²) in [5.41, 5.74) is 0. The normalized spacial score (nSPS) is 12.7. The van der Waals surface area contributed by atoms with Crippen molar-refractivity contribution in [1.29, 1.82) is 0 Å². The molecule has 15 heavy (non-hydrogen) atoms. The number of likely N-dealkylation sites (N-methyl/N-ethyl adjacent to an activating group) is 1. The van der Waals surface area contributed by atoms with Gasteiger partial charge in [0, 0.05) is 13.0 Å². The minimum Gasteiger partial charge on any atom is -0.304 e. The molecule has 0 heterocycles. The molecule has 6 heteroatoms. The van der Waals surface area contributed by atoms with Gasteiger partial charge in [-0.25, -0.2) is 0 Å². The lowest BCUT2D eigenvalue weighted by molar-refractivity contribution is -0.114. The van der Waals surface area contributed by atoms with Gasteiger partial charge in [-0.05, 0) is 26.1 Å². The third-order valence-electron chi connectivity index (χ3n) is 1.85. The van der Waals surface area contributed by atoms with Gasteiger partial charge in [-0.15, -0.1) is 0 Å². The Bertz CT molecular complexity index is 232. The minimum atomic E-state index is -2.19. The second-order valence-electron chi connectivity index (χ2n) is 3.12. The number of carbonyl (C=O) groups is 1. The third kappa shape index (κ3) is 9.74. The van der Waals surface area contributed by atoms with E-state index < -0.39 is 11.4 Å². The van der Waals surface area contributed by atoms with E-state index in [0.717, 1.165) is 13.0 Å². The molecule has 1 N–H and O–H groups in total. The van der Waals surface area contributed by atoms with Crippen LogP contribution in [0.3, 0.4) is 0 Å². The van der Waals surface area contributed by atoms with Crippen LogP contribution in [0, 0.1) is 0 Å². The van der Waals surface area contributed by atoms with Crippen molar-refractivity contribution in [2.24, 2.45) is 0 Å². The lowest BCUT2D eigenvalue weighted by Gasteiger charge is -2.14. The molecule has 0 spiro atoms. The van der Waals surface area contributed by atoms with Crippen molar-refractivity contribution in [3.05, 3.63) is 12.7 Å². The molecule has 0 aliphatic rings. The van der Waals surface area contributed by atoms with Crippen molar-refractivity contribution in [3.8, 4) is 0 Å². The summed E-state index contributed by atoms with van der Waals surface area (Å²) in [5, 5.41) is 0. The Labute approximate surface area is 92.6 Å². The average molecular weight is 235 g/mol. The van der Waals surface area contributed by atoms with Crippen molar-refractivity contribution >= 4 is 17.1 Å². The SMILES string of the molecule is C=CC(=O)CCCN(C)CCOS(=O)O. The molecule has 88 valence electrons. The second kappa shape index (κ2) is 8.72. The molecule has 0 bridgehead atoms. The van der Waals surface area contributed by atoms with Crippen LogP contribution in [-0.2, 0) is 20.3 Å². The number of rotatable bonds is 9. The largest absolute Gasteiger partial charge is 0.304 e. The van der Waals surface area contributed by atoms with Crippen LogP contribution in [0.1, 0.15) is 12.8 Å². The average Bonchev–Trinajstić information content (AvgIpc) is 2.17. The molecule has 1 unspecified atom stereocenters. The topological polar surface area (TPSA) is 66.8 Å². The van der Waals surface area contributed by atoms with Gasteiger partial charge in [0.15, 0.2) is 5.78 Å². The smallest absolute Gasteiger partial charge is 0.301 e. The maximum Gasteiger partial charge on any atom is 0.301 e. The van der Waals surface area contributed by atoms with Gasteiger partial charge < -0.3 is 4.90 Å². The van der Waals surface area contributed by atoms with Gasteiger partial charge in [0.25, 0.3) is 0 Å².